The van der Waals surface area contributed by atoms with Crippen molar-refractivity contribution in [3.8, 4) is 5.75 Å². The second-order valence-corrected chi connectivity index (χ2v) is 8.77. The monoisotopic (exact) mass is 425 g/mol. The molecule has 0 aliphatic heterocycles. The van der Waals surface area contributed by atoms with Crippen molar-refractivity contribution in [2.24, 2.45) is 0 Å². The number of anilines is 1. The van der Waals surface area contributed by atoms with Crippen LogP contribution >= 0.6 is 11.3 Å². The van der Waals surface area contributed by atoms with Crippen LogP contribution in [0.3, 0.4) is 0 Å². The van der Waals surface area contributed by atoms with Gasteiger partial charge in [-0.2, -0.15) is 0 Å². The van der Waals surface area contributed by atoms with Crippen LogP contribution in [-0.4, -0.2) is 49.6 Å². The molecule has 3 rings (SSSR count). The second-order valence-electron chi connectivity index (χ2n) is 7.76. The van der Waals surface area contributed by atoms with Crippen LogP contribution in [0.15, 0.2) is 42.5 Å². The minimum atomic E-state index is -0.0226. The molecule has 30 heavy (non-hydrogen) atoms. The van der Waals surface area contributed by atoms with Gasteiger partial charge in [-0.15, -0.1) is 0 Å². The molecule has 2 aromatic carbocycles. The molecule has 0 N–H and O–H groups in total. The lowest BCUT2D eigenvalue weighted by atomic mass is 10.2. The van der Waals surface area contributed by atoms with Crippen molar-refractivity contribution in [3.05, 3.63) is 53.6 Å². The summed E-state index contributed by atoms with van der Waals surface area (Å²) in [5, 5.41) is 0.756. The molecule has 6 heteroatoms. The van der Waals surface area contributed by atoms with Gasteiger partial charge in [-0.3, -0.25) is 9.69 Å². The predicted molar refractivity (Wildman–Crippen MR) is 126 cm³/mol. The van der Waals surface area contributed by atoms with Gasteiger partial charge in [0, 0.05) is 12.1 Å². The van der Waals surface area contributed by atoms with E-state index in [0.717, 1.165) is 52.5 Å². The average Bonchev–Trinajstić information content (AvgIpc) is 3.17. The van der Waals surface area contributed by atoms with E-state index in [1.54, 1.807) is 11.3 Å². The molecule has 1 amide bonds. The number of carbonyl (C=O) groups is 1. The van der Waals surface area contributed by atoms with E-state index in [1.807, 2.05) is 49.3 Å². The number of fused-ring (bicyclic) bond motifs is 1. The molecule has 0 aliphatic rings. The largest absolute Gasteiger partial charge is 0.494 e. The molecular formula is C24H31N3O2S. The summed E-state index contributed by atoms with van der Waals surface area (Å²) in [6.07, 6.45) is 3.00. The van der Waals surface area contributed by atoms with E-state index in [9.17, 15) is 4.79 Å². The molecule has 0 saturated carbocycles. The van der Waals surface area contributed by atoms with Crippen LogP contribution in [0.2, 0.25) is 0 Å². The molecule has 0 unspecified atom stereocenters. The fourth-order valence-corrected chi connectivity index (χ4v) is 4.27. The summed E-state index contributed by atoms with van der Waals surface area (Å²) in [6, 6.07) is 13.6. The third kappa shape index (κ3) is 5.58. The van der Waals surface area contributed by atoms with Crippen molar-refractivity contribution in [1.29, 1.82) is 0 Å². The van der Waals surface area contributed by atoms with E-state index >= 15 is 0 Å². The first kappa shape index (κ1) is 22.2. The Hall–Kier alpha value is -2.44. The van der Waals surface area contributed by atoms with Crippen molar-refractivity contribution in [1.82, 2.24) is 9.88 Å². The number of para-hydroxylation sites is 1. The number of hydrogen-bond donors (Lipinski definition) is 0. The maximum absolute atomic E-state index is 13.4. The Bertz CT molecular complexity index is 966. The maximum atomic E-state index is 13.4. The van der Waals surface area contributed by atoms with Gasteiger partial charge in [-0.1, -0.05) is 36.8 Å². The minimum absolute atomic E-state index is 0.0226. The Morgan fingerprint density at radius 2 is 1.83 bits per heavy atom. The number of hydrogen-bond acceptors (Lipinski definition) is 5. The van der Waals surface area contributed by atoms with E-state index in [1.165, 1.54) is 0 Å². The van der Waals surface area contributed by atoms with Gasteiger partial charge in [0.25, 0.3) is 5.91 Å². The van der Waals surface area contributed by atoms with Crippen molar-refractivity contribution >= 4 is 32.6 Å². The van der Waals surface area contributed by atoms with Crippen molar-refractivity contribution in [2.75, 3.05) is 38.7 Å². The highest BCUT2D eigenvalue weighted by molar-refractivity contribution is 7.22. The number of ether oxygens (including phenoxy) is 1. The molecule has 0 aliphatic carbocycles. The topological polar surface area (TPSA) is 45.7 Å². The van der Waals surface area contributed by atoms with E-state index in [-0.39, 0.29) is 5.91 Å². The van der Waals surface area contributed by atoms with Crippen molar-refractivity contribution < 1.29 is 9.53 Å². The Morgan fingerprint density at radius 3 is 2.50 bits per heavy atom. The lowest BCUT2D eigenvalue weighted by Crippen LogP contribution is -2.33. The molecule has 1 aromatic heterocycles. The SMILES string of the molecule is CCCCOc1ccc(C(=O)N(CCCN(C)C)c2nc3c(C)cccc3s2)cc1. The van der Waals surface area contributed by atoms with Gasteiger partial charge in [-0.25, -0.2) is 4.98 Å². The van der Waals surface area contributed by atoms with Crippen LogP contribution in [0.1, 0.15) is 42.1 Å². The molecule has 0 radical (unpaired) electrons. The summed E-state index contributed by atoms with van der Waals surface area (Å²) in [6.45, 7) is 6.44. The summed E-state index contributed by atoms with van der Waals surface area (Å²) in [5.41, 5.74) is 2.76. The van der Waals surface area contributed by atoms with Crippen LogP contribution in [0.4, 0.5) is 5.13 Å². The average molecular weight is 426 g/mol. The van der Waals surface area contributed by atoms with Gasteiger partial charge in [-0.05, 0) is 76.3 Å². The number of thiazole rings is 1. The minimum Gasteiger partial charge on any atom is -0.494 e. The van der Waals surface area contributed by atoms with Crippen molar-refractivity contribution in [2.45, 2.75) is 33.1 Å². The highest BCUT2D eigenvalue weighted by Gasteiger charge is 2.21. The maximum Gasteiger partial charge on any atom is 0.260 e. The lowest BCUT2D eigenvalue weighted by molar-refractivity contribution is 0.0986. The van der Waals surface area contributed by atoms with Gasteiger partial charge in [0.05, 0.1) is 16.8 Å². The summed E-state index contributed by atoms with van der Waals surface area (Å²) >= 11 is 1.57. The molecule has 0 bridgehead atoms. The third-order valence-electron chi connectivity index (χ3n) is 4.94. The Morgan fingerprint density at radius 1 is 1.07 bits per heavy atom. The summed E-state index contributed by atoms with van der Waals surface area (Å²) in [7, 11) is 4.09. The van der Waals surface area contributed by atoms with E-state index < -0.39 is 0 Å². The molecule has 0 saturated heterocycles. The van der Waals surface area contributed by atoms with Crippen LogP contribution < -0.4 is 9.64 Å². The van der Waals surface area contributed by atoms with Crippen LogP contribution in [0, 0.1) is 6.92 Å². The van der Waals surface area contributed by atoms with Crippen LogP contribution in [0.5, 0.6) is 5.75 Å². The van der Waals surface area contributed by atoms with Gasteiger partial charge in [0.15, 0.2) is 5.13 Å². The van der Waals surface area contributed by atoms with Gasteiger partial charge < -0.3 is 9.64 Å². The van der Waals surface area contributed by atoms with Gasteiger partial charge >= 0.3 is 0 Å². The molecule has 0 fully saturated rings. The predicted octanol–water partition coefficient (Wildman–Crippen LogP) is 5.38. The van der Waals surface area contributed by atoms with Crippen molar-refractivity contribution in [3.63, 3.8) is 0 Å². The Balaban J connectivity index is 1.83. The molecule has 0 atom stereocenters. The zero-order valence-corrected chi connectivity index (χ0v) is 19.2. The first-order valence-corrected chi connectivity index (χ1v) is 11.4. The molecule has 160 valence electrons. The van der Waals surface area contributed by atoms with E-state index in [4.69, 9.17) is 9.72 Å². The number of unbranched alkanes of at least 4 members (excludes halogenated alkanes) is 1. The highest BCUT2D eigenvalue weighted by Crippen LogP contribution is 2.31. The quantitative estimate of drug-likeness (QED) is 0.409. The summed E-state index contributed by atoms with van der Waals surface area (Å²) in [5.74, 6) is 0.778. The molecule has 0 spiro atoms. The molecule has 1 heterocycles. The summed E-state index contributed by atoms with van der Waals surface area (Å²) < 4.78 is 6.84. The first-order chi connectivity index (χ1) is 14.5. The number of aryl methyl sites for hydroxylation is 1. The normalized spacial score (nSPS) is 11.2. The third-order valence-corrected chi connectivity index (χ3v) is 5.98. The molecule has 5 nitrogen and oxygen atoms in total. The van der Waals surface area contributed by atoms with E-state index in [2.05, 4.69) is 30.9 Å². The fourth-order valence-electron chi connectivity index (χ4n) is 3.20. The first-order valence-electron chi connectivity index (χ1n) is 10.5. The Kier molecular flexibility index (Phi) is 7.82. The number of benzene rings is 2. The fraction of sp³-hybridized carbons (Fsp3) is 0.417. The zero-order chi connectivity index (χ0) is 21.5. The number of aromatic nitrogens is 1. The zero-order valence-electron chi connectivity index (χ0n) is 18.4. The van der Waals surface area contributed by atoms with Crippen LogP contribution in [-0.2, 0) is 0 Å². The van der Waals surface area contributed by atoms with E-state index in [0.29, 0.717) is 18.7 Å². The smallest absolute Gasteiger partial charge is 0.260 e. The molecular weight excluding hydrogens is 394 g/mol. The standard InChI is InChI=1S/C24H31N3O2S/c1-5-6-17-29-20-13-11-19(12-14-20)23(28)27(16-8-15-26(3)4)24-25-22-18(2)9-7-10-21(22)30-24/h7,9-14H,5-6,8,15-17H2,1-4H3. The summed E-state index contributed by atoms with van der Waals surface area (Å²) in [4.78, 5) is 22.2. The number of amides is 1. The number of nitrogens with zero attached hydrogens (tertiary/aromatic N) is 3. The van der Waals surface area contributed by atoms with Gasteiger partial charge in [0.2, 0.25) is 0 Å². The number of carbonyl (C=O) groups excluding carboxylic acids is 1. The lowest BCUT2D eigenvalue weighted by Gasteiger charge is -2.21. The Labute approximate surface area is 183 Å². The second kappa shape index (κ2) is 10.5. The van der Waals surface area contributed by atoms with Crippen LogP contribution in [0.25, 0.3) is 10.2 Å². The number of rotatable bonds is 10. The highest BCUT2D eigenvalue weighted by atomic mass is 32.1. The van der Waals surface area contributed by atoms with Gasteiger partial charge in [0.1, 0.15) is 5.75 Å². The molecule has 3 aromatic rings.